The molecule has 6 aromatic rings. The molecule has 10 nitrogen and oxygen atoms in total. The number of fused-ring (bicyclic) bond motifs is 2. The molecule has 2 aromatic carbocycles. The van der Waals surface area contributed by atoms with Gasteiger partial charge in [0.05, 0.1) is 40.3 Å². The first-order valence-electron chi connectivity index (χ1n) is 13.9. The monoisotopic (exact) mass is 578 g/mol. The predicted octanol–water partition coefficient (Wildman–Crippen LogP) is 5.90. The summed E-state index contributed by atoms with van der Waals surface area (Å²) in [5.41, 5.74) is 6.27. The lowest BCUT2D eigenvalue weighted by Gasteiger charge is -2.12. The van der Waals surface area contributed by atoms with Crippen molar-refractivity contribution in [1.29, 1.82) is 0 Å². The number of halogens is 1. The normalized spacial score (nSPS) is 11.6. The van der Waals surface area contributed by atoms with Crippen LogP contribution >= 0.6 is 0 Å². The number of likely N-dealkylation sites (N-methyl/N-ethyl adjacent to an activating group) is 1. The van der Waals surface area contributed by atoms with Gasteiger partial charge in [0, 0.05) is 41.2 Å². The number of benzene rings is 2. The van der Waals surface area contributed by atoms with E-state index in [1.54, 1.807) is 18.6 Å². The van der Waals surface area contributed by atoms with Crippen molar-refractivity contribution in [3.05, 3.63) is 72.9 Å². The third-order valence-corrected chi connectivity index (χ3v) is 7.00. The van der Waals surface area contributed by atoms with Crippen LogP contribution in [0.2, 0.25) is 0 Å². The van der Waals surface area contributed by atoms with Crippen molar-refractivity contribution < 1.29 is 13.9 Å². The van der Waals surface area contributed by atoms with Gasteiger partial charge in [-0.25, -0.2) is 9.37 Å². The SMILES string of the molecule is CC(C)C(=O)Nc1cncc(-c2cc3c(-c4nc5c(-c6cc(F)cc(OCCN(C)C)c6)cccc5[nH]4)n[nH]c3cn2)c1. The van der Waals surface area contributed by atoms with E-state index in [1.165, 1.54) is 12.1 Å². The maximum absolute atomic E-state index is 14.6. The van der Waals surface area contributed by atoms with E-state index in [0.29, 0.717) is 46.3 Å². The van der Waals surface area contributed by atoms with Crippen molar-refractivity contribution in [3.63, 3.8) is 0 Å². The average molecular weight is 579 g/mol. The number of carbonyl (C=O) groups is 1. The highest BCUT2D eigenvalue weighted by Crippen LogP contribution is 2.34. The van der Waals surface area contributed by atoms with Crippen molar-refractivity contribution >= 4 is 33.5 Å². The Balaban J connectivity index is 1.36. The third kappa shape index (κ3) is 5.93. The Bertz CT molecular complexity index is 1950. The fourth-order valence-electron chi connectivity index (χ4n) is 4.71. The van der Waals surface area contributed by atoms with Crippen LogP contribution in [0.5, 0.6) is 5.75 Å². The van der Waals surface area contributed by atoms with Crippen LogP contribution in [0.1, 0.15) is 13.8 Å². The number of carbonyl (C=O) groups excluding carboxylic acids is 1. The summed E-state index contributed by atoms with van der Waals surface area (Å²) in [6, 6.07) is 14.2. The zero-order valence-corrected chi connectivity index (χ0v) is 24.3. The van der Waals surface area contributed by atoms with E-state index in [-0.39, 0.29) is 17.6 Å². The molecule has 218 valence electrons. The number of hydrogen-bond donors (Lipinski definition) is 3. The Morgan fingerprint density at radius 2 is 1.91 bits per heavy atom. The number of rotatable bonds is 9. The molecule has 4 aromatic heterocycles. The molecule has 11 heteroatoms. The maximum Gasteiger partial charge on any atom is 0.226 e. The summed E-state index contributed by atoms with van der Waals surface area (Å²) in [7, 11) is 3.92. The van der Waals surface area contributed by atoms with E-state index in [2.05, 4.69) is 30.5 Å². The molecular formula is C32H31FN8O2. The van der Waals surface area contributed by atoms with Gasteiger partial charge in [-0.15, -0.1) is 0 Å². The van der Waals surface area contributed by atoms with E-state index < -0.39 is 0 Å². The van der Waals surface area contributed by atoms with Crippen LogP contribution in [-0.2, 0) is 4.79 Å². The Morgan fingerprint density at radius 1 is 1.05 bits per heavy atom. The molecule has 1 amide bonds. The standard InChI is InChI=1S/C32H31FN8O2/c1-18(2)32(42)36-22-11-20(15-34-16-22)27-14-25-28(17-35-27)39-40-30(25)31-37-26-7-5-6-24(29(26)38-31)19-10-21(33)13-23(12-19)43-9-8-41(3)4/h5-7,10-18H,8-9H2,1-4H3,(H,36,42)(H,37,38)(H,39,40). The van der Waals surface area contributed by atoms with Crippen LogP contribution in [0.4, 0.5) is 10.1 Å². The van der Waals surface area contributed by atoms with Gasteiger partial charge in [0.1, 0.15) is 23.9 Å². The lowest BCUT2D eigenvalue weighted by Crippen LogP contribution is -2.19. The topological polar surface area (TPSA) is 125 Å². The van der Waals surface area contributed by atoms with Gasteiger partial charge < -0.3 is 19.9 Å². The Morgan fingerprint density at radius 3 is 2.72 bits per heavy atom. The predicted molar refractivity (Wildman–Crippen MR) is 165 cm³/mol. The zero-order chi connectivity index (χ0) is 30.1. The number of amides is 1. The number of nitrogens with one attached hydrogen (secondary N) is 3. The number of hydrogen-bond acceptors (Lipinski definition) is 7. The van der Waals surface area contributed by atoms with Crippen LogP contribution < -0.4 is 10.1 Å². The number of imidazole rings is 1. The quantitative estimate of drug-likeness (QED) is 0.195. The Hall–Kier alpha value is -5.16. The van der Waals surface area contributed by atoms with Crippen molar-refractivity contribution in [2.45, 2.75) is 13.8 Å². The van der Waals surface area contributed by atoms with Gasteiger partial charge >= 0.3 is 0 Å². The zero-order valence-electron chi connectivity index (χ0n) is 24.3. The Kier molecular flexibility index (Phi) is 7.56. The fraction of sp³-hybridized carbons (Fsp3) is 0.219. The molecule has 4 heterocycles. The summed E-state index contributed by atoms with van der Waals surface area (Å²) >= 11 is 0. The second-order valence-corrected chi connectivity index (χ2v) is 10.9. The highest BCUT2D eigenvalue weighted by Gasteiger charge is 2.17. The molecule has 0 bridgehead atoms. The minimum Gasteiger partial charge on any atom is -0.492 e. The van der Waals surface area contributed by atoms with Crippen LogP contribution in [-0.4, -0.2) is 68.2 Å². The minimum absolute atomic E-state index is 0.0879. The average Bonchev–Trinajstić information content (AvgIpc) is 3.60. The van der Waals surface area contributed by atoms with Gasteiger partial charge in [0.15, 0.2) is 5.82 Å². The second-order valence-electron chi connectivity index (χ2n) is 10.9. The first-order valence-corrected chi connectivity index (χ1v) is 13.9. The number of anilines is 1. The molecule has 0 fully saturated rings. The van der Waals surface area contributed by atoms with Crippen LogP contribution in [0.3, 0.4) is 0 Å². The number of para-hydroxylation sites is 1. The second kappa shape index (κ2) is 11.6. The maximum atomic E-state index is 14.6. The van der Waals surface area contributed by atoms with Crippen LogP contribution in [0.15, 0.2) is 67.1 Å². The first kappa shape index (κ1) is 28.0. The fourth-order valence-corrected chi connectivity index (χ4v) is 4.71. The molecule has 0 spiro atoms. The van der Waals surface area contributed by atoms with Gasteiger partial charge in [0.25, 0.3) is 0 Å². The molecule has 0 aliphatic rings. The summed E-state index contributed by atoms with van der Waals surface area (Å²) in [5.74, 6) is 0.396. The number of ether oxygens (including phenoxy) is 1. The lowest BCUT2D eigenvalue weighted by atomic mass is 10.0. The van der Waals surface area contributed by atoms with Crippen molar-refractivity contribution in [2.75, 3.05) is 32.6 Å². The van der Waals surface area contributed by atoms with Crippen LogP contribution in [0.25, 0.3) is 55.8 Å². The largest absolute Gasteiger partial charge is 0.492 e. The van der Waals surface area contributed by atoms with Crippen molar-refractivity contribution in [1.82, 2.24) is 35.0 Å². The van der Waals surface area contributed by atoms with Gasteiger partial charge in [0.2, 0.25) is 5.91 Å². The molecule has 0 unspecified atom stereocenters. The van der Waals surface area contributed by atoms with Crippen molar-refractivity contribution in [2.24, 2.45) is 5.92 Å². The van der Waals surface area contributed by atoms with Gasteiger partial charge in [-0.05, 0) is 50.0 Å². The number of nitrogens with zero attached hydrogens (tertiary/aromatic N) is 5. The first-order chi connectivity index (χ1) is 20.7. The summed E-state index contributed by atoms with van der Waals surface area (Å²) in [6.07, 6.45) is 5.01. The van der Waals surface area contributed by atoms with E-state index >= 15 is 0 Å². The third-order valence-electron chi connectivity index (χ3n) is 7.00. The molecule has 0 radical (unpaired) electrons. The molecular weight excluding hydrogens is 547 g/mol. The number of H-pyrrole nitrogens is 2. The van der Waals surface area contributed by atoms with Gasteiger partial charge in [-0.1, -0.05) is 26.0 Å². The van der Waals surface area contributed by atoms with Crippen LogP contribution in [0, 0.1) is 11.7 Å². The van der Waals surface area contributed by atoms with Crippen molar-refractivity contribution in [3.8, 4) is 39.7 Å². The molecule has 0 aliphatic heterocycles. The molecule has 0 saturated heterocycles. The molecule has 3 N–H and O–H groups in total. The molecule has 6 rings (SSSR count). The van der Waals surface area contributed by atoms with Gasteiger partial charge in [-0.3, -0.25) is 19.9 Å². The van der Waals surface area contributed by atoms with E-state index in [9.17, 15) is 9.18 Å². The molecule has 43 heavy (non-hydrogen) atoms. The minimum atomic E-state index is -0.384. The number of aromatic nitrogens is 6. The molecule has 0 aliphatic carbocycles. The van der Waals surface area contributed by atoms with E-state index in [1.807, 2.05) is 69.2 Å². The summed E-state index contributed by atoms with van der Waals surface area (Å²) in [5, 5.41) is 11.3. The highest BCUT2D eigenvalue weighted by atomic mass is 19.1. The number of pyridine rings is 2. The highest BCUT2D eigenvalue weighted by molar-refractivity contribution is 5.98. The lowest BCUT2D eigenvalue weighted by molar-refractivity contribution is -0.118. The molecule has 0 atom stereocenters. The molecule has 0 saturated carbocycles. The van der Waals surface area contributed by atoms with E-state index in [0.717, 1.165) is 34.1 Å². The van der Waals surface area contributed by atoms with Gasteiger partial charge in [-0.2, -0.15) is 5.10 Å². The smallest absolute Gasteiger partial charge is 0.226 e. The summed E-state index contributed by atoms with van der Waals surface area (Å²) in [4.78, 5) is 31.3. The number of aromatic amines is 2. The van der Waals surface area contributed by atoms with E-state index in [4.69, 9.17) is 9.72 Å². The summed E-state index contributed by atoms with van der Waals surface area (Å²) in [6.45, 7) is 4.83. The Labute approximate surface area is 247 Å². The summed E-state index contributed by atoms with van der Waals surface area (Å²) < 4.78 is 20.5.